The van der Waals surface area contributed by atoms with Crippen LogP contribution in [0.4, 0.5) is 0 Å². The van der Waals surface area contributed by atoms with Crippen LogP contribution in [0.15, 0.2) is 77.6 Å². The predicted octanol–water partition coefficient (Wildman–Crippen LogP) is 4.66. The van der Waals surface area contributed by atoms with Crippen LogP contribution in [0.5, 0.6) is 11.5 Å². The van der Waals surface area contributed by atoms with Gasteiger partial charge < -0.3 is 9.84 Å². The van der Waals surface area contributed by atoms with Crippen molar-refractivity contribution >= 4 is 23.1 Å². The van der Waals surface area contributed by atoms with Crippen molar-refractivity contribution in [3.8, 4) is 17.2 Å². The second-order valence-electron chi connectivity index (χ2n) is 6.46. The number of phenolic OH excluding ortho intramolecular Hbond substituents is 1. The lowest BCUT2D eigenvalue weighted by atomic mass is 10.1. The summed E-state index contributed by atoms with van der Waals surface area (Å²) in [6.07, 6.45) is 3.64. The molecule has 0 unspecified atom stereocenters. The molecule has 5 heteroatoms. The van der Waals surface area contributed by atoms with E-state index in [1.54, 1.807) is 34.9 Å². The highest BCUT2D eigenvalue weighted by Gasteiger charge is 2.10. The van der Waals surface area contributed by atoms with Gasteiger partial charge in [-0.25, -0.2) is 4.98 Å². The molecule has 29 heavy (non-hydrogen) atoms. The summed E-state index contributed by atoms with van der Waals surface area (Å²) >= 11 is 0. The number of phenols is 1. The molecule has 0 bridgehead atoms. The monoisotopic (exact) mass is 384 g/mol. The zero-order valence-electron chi connectivity index (χ0n) is 15.9. The van der Waals surface area contributed by atoms with Crippen LogP contribution in [0.2, 0.25) is 0 Å². The molecule has 0 fully saturated rings. The van der Waals surface area contributed by atoms with Crippen LogP contribution in [0.25, 0.3) is 28.7 Å². The van der Waals surface area contributed by atoms with Crippen molar-refractivity contribution in [1.29, 1.82) is 0 Å². The van der Waals surface area contributed by atoms with Crippen molar-refractivity contribution in [2.24, 2.45) is 0 Å². The molecule has 0 saturated heterocycles. The fraction of sp³-hybridized carbons (Fsp3) is 0.0833. The highest BCUT2D eigenvalue weighted by molar-refractivity contribution is 5.80. The molecule has 0 radical (unpaired) electrons. The third kappa shape index (κ3) is 3.75. The fourth-order valence-electron chi connectivity index (χ4n) is 3.16. The number of ether oxygens (including phenoxy) is 1. The van der Waals surface area contributed by atoms with E-state index in [9.17, 15) is 9.90 Å². The second kappa shape index (κ2) is 8.02. The van der Waals surface area contributed by atoms with E-state index in [0.29, 0.717) is 29.1 Å². The van der Waals surface area contributed by atoms with E-state index in [1.807, 2.05) is 61.5 Å². The van der Waals surface area contributed by atoms with Crippen molar-refractivity contribution in [3.63, 3.8) is 0 Å². The van der Waals surface area contributed by atoms with Gasteiger partial charge >= 0.3 is 0 Å². The Bertz CT molecular complexity index is 1240. The van der Waals surface area contributed by atoms with E-state index in [2.05, 4.69) is 0 Å². The first kappa shape index (κ1) is 18.5. The van der Waals surface area contributed by atoms with Gasteiger partial charge in [0.25, 0.3) is 5.56 Å². The van der Waals surface area contributed by atoms with Crippen LogP contribution in [0.1, 0.15) is 18.3 Å². The molecule has 0 amide bonds. The van der Waals surface area contributed by atoms with Gasteiger partial charge in [0, 0.05) is 0 Å². The standard InChI is InChI=1S/C24H20N2O3/c1-2-29-22-16-17(12-14-21(22)27)13-15-23-25-20-11-7-6-10-19(20)24(28)26(23)18-8-4-3-5-9-18/h3-16,27H,2H2,1H3. The molecular formula is C24H20N2O3. The van der Waals surface area contributed by atoms with Crippen LogP contribution in [-0.2, 0) is 0 Å². The van der Waals surface area contributed by atoms with E-state index >= 15 is 0 Å². The normalized spacial score (nSPS) is 11.2. The van der Waals surface area contributed by atoms with E-state index < -0.39 is 0 Å². The summed E-state index contributed by atoms with van der Waals surface area (Å²) in [5.74, 6) is 1.03. The third-order valence-corrected chi connectivity index (χ3v) is 4.52. The lowest BCUT2D eigenvalue weighted by Crippen LogP contribution is -2.22. The molecule has 0 aliphatic rings. The molecule has 144 valence electrons. The van der Waals surface area contributed by atoms with Gasteiger partial charge in [-0.15, -0.1) is 0 Å². The van der Waals surface area contributed by atoms with E-state index in [-0.39, 0.29) is 11.3 Å². The van der Waals surface area contributed by atoms with Gasteiger partial charge in [-0.2, -0.15) is 0 Å². The molecule has 1 aromatic heterocycles. The van der Waals surface area contributed by atoms with Crippen molar-refractivity contribution in [2.45, 2.75) is 6.92 Å². The summed E-state index contributed by atoms with van der Waals surface area (Å²) < 4.78 is 7.04. The fourth-order valence-corrected chi connectivity index (χ4v) is 3.16. The minimum Gasteiger partial charge on any atom is -0.504 e. The Balaban J connectivity index is 1.86. The average molecular weight is 384 g/mol. The molecule has 1 N–H and O–H groups in total. The van der Waals surface area contributed by atoms with Crippen molar-refractivity contribution in [3.05, 3.63) is 94.5 Å². The highest BCUT2D eigenvalue weighted by atomic mass is 16.5. The number of para-hydroxylation sites is 2. The van der Waals surface area contributed by atoms with Crippen LogP contribution in [-0.4, -0.2) is 21.3 Å². The zero-order valence-corrected chi connectivity index (χ0v) is 15.9. The summed E-state index contributed by atoms with van der Waals surface area (Å²) in [7, 11) is 0. The van der Waals surface area contributed by atoms with Crippen molar-refractivity contribution < 1.29 is 9.84 Å². The zero-order chi connectivity index (χ0) is 20.2. The Morgan fingerprint density at radius 2 is 1.76 bits per heavy atom. The van der Waals surface area contributed by atoms with Crippen LogP contribution in [0, 0.1) is 0 Å². The lowest BCUT2D eigenvalue weighted by molar-refractivity contribution is 0.318. The number of aromatic hydroxyl groups is 1. The van der Waals surface area contributed by atoms with E-state index in [4.69, 9.17) is 9.72 Å². The molecule has 1 heterocycles. The maximum Gasteiger partial charge on any atom is 0.266 e. The summed E-state index contributed by atoms with van der Waals surface area (Å²) in [6.45, 7) is 2.32. The molecule has 4 aromatic rings. The maximum atomic E-state index is 13.2. The molecule has 4 rings (SSSR count). The van der Waals surface area contributed by atoms with Gasteiger partial charge in [-0.05, 0) is 55.0 Å². The predicted molar refractivity (Wildman–Crippen MR) is 116 cm³/mol. The molecule has 0 aliphatic heterocycles. The van der Waals surface area contributed by atoms with Gasteiger partial charge in [-0.1, -0.05) is 42.5 Å². The van der Waals surface area contributed by atoms with Crippen molar-refractivity contribution in [1.82, 2.24) is 9.55 Å². The van der Waals surface area contributed by atoms with E-state index in [0.717, 1.165) is 11.3 Å². The van der Waals surface area contributed by atoms with Gasteiger partial charge in [0.05, 0.1) is 23.2 Å². The minimum absolute atomic E-state index is 0.0917. The molecule has 0 spiro atoms. The number of aromatic nitrogens is 2. The molecule has 3 aromatic carbocycles. The number of hydrogen-bond donors (Lipinski definition) is 1. The van der Waals surface area contributed by atoms with Crippen LogP contribution >= 0.6 is 0 Å². The number of hydrogen-bond acceptors (Lipinski definition) is 4. The molecular weight excluding hydrogens is 364 g/mol. The molecule has 5 nitrogen and oxygen atoms in total. The molecule has 0 atom stereocenters. The largest absolute Gasteiger partial charge is 0.504 e. The smallest absolute Gasteiger partial charge is 0.266 e. The van der Waals surface area contributed by atoms with Crippen LogP contribution in [0.3, 0.4) is 0 Å². The summed E-state index contributed by atoms with van der Waals surface area (Å²) in [5.41, 5.74) is 2.09. The quantitative estimate of drug-likeness (QED) is 0.543. The highest BCUT2D eigenvalue weighted by Crippen LogP contribution is 2.27. The summed E-state index contributed by atoms with van der Waals surface area (Å²) in [5, 5.41) is 10.5. The Morgan fingerprint density at radius 3 is 2.55 bits per heavy atom. The van der Waals surface area contributed by atoms with Gasteiger partial charge in [-0.3, -0.25) is 9.36 Å². The summed E-state index contributed by atoms with van der Waals surface area (Å²) in [4.78, 5) is 17.9. The SMILES string of the molecule is CCOc1cc(C=Cc2nc3ccccc3c(=O)n2-c2ccccc2)ccc1O. The van der Waals surface area contributed by atoms with Crippen LogP contribution < -0.4 is 10.3 Å². The first-order valence-electron chi connectivity index (χ1n) is 9.38. The van der Waals surface area contributed by atoms with E-state index in [1.165, 1.54) is 0 Å². The number of nitrogens with zero attached hydrogens (tertiary/aromatic N) is 2. The lowest BCUT2D eigenvalue weighted by Gasteiger charge is -2.11. The summed E-state index contributed by atoms with van der Waals surface area (Å²) in [6, 6.07) is 21.9. The number of benzene rings is 3. The molecule has 0 aliphatic carbocycles. The third-order valence-electron chi connectivity index (χ3n) is 4.52. The van der Waals surface area contributed by atoms with Crippen molar-refractivity contribution in [2.75, 3.05) is 6.61 Å². The second-order valence-corrected chi connectivity index (χ2v) is 6.46. The minimum atomic E-state index is -0.123. The Labute approximate surface area is 168 Å². The maximum absolute atomic E-state index is 13.2. The number of rotatable bonds is 5. The first-order chi connectivity index (χ1) is 14.2. The van der Waals surface area contributed by atoms with Gasteiger partial charge in [0.2, 0.25) is 0 Å². The topological polar surface area (TPSA) is 64.3 Å². The number of fused-ring (bicyclic) bond motifs is 1. The molecule has 0 saturated carbocycles. The van der Waals surface area contributed by atoms with Gasteiger partial charge in [0.15, 0.2) is 11.5 Å². The Hall–Kier alpha value is -3.86. The Kier molecular flexibility index (Phi) is 5.12. The van der Waals surface area contributed by atoms with Gasteiger partial charge in [0.1, 0.15) is 5.82 Å². The Morgan fingerprint density at radius 1 is 1.00 bits per heavy atom. The average Bonchev–Trinajstić information content (AvgIpc) is 2.75. The first-order valence-corrected chi connectivity index (χ1v) is 9.38.